The molecule has 2 aliphatic heterocycles. The first-order valence-corrected chi connectivity index (χ1v) is 5.85. The number of carbonyl (C=O) groups is 1. The summed E-state index contributed by atoms with van der Waals surface area (Å²) >= 11 is 0. The van der Waals surface area contributed by atoms with E-state index in [-0.39, 0.29) is 0 Å². The van der Waals surface area contributed by atoms with Gasteiger partial charge in [0.15, 0.2) is 0 Å². The number of Topliss-reactive ketones (excluding diaryl/α,β-unsaturated/α-hetero) is 1. The average molecular weight is 212 g/mol. The van der Waals surface area contributed by atoms with Crippen LogP contribution in [0.4, 0.5) is 0 Å². The molecule has 86 valence electrons. The van der Waals surface area contributed by atoms with Gasteiger partial charge in [-0.2, -0.15) is 0 Å². The molecule has 2 fully saturated rings. The number of hydrogen-bond acceptors (Lipinski definition) is 4. The predicted molar refractivity (Wildman–Crippen MR) is 57.7 cm³/mol. The number of rotatable bonds is 2. The second-order valence-corrected chi connectivity index (χ2v) is 4.79. The van der Waals surface area contributed by atoms with Crippen LogP contribution in [-0.2, 0) is 4.79 Å². The Balaban J connectivity index is 1.82. The summed E-state index contributed by atoms with van der Waals surface area (Å²) in [4.78, 5) is 13.3. The third kappa shape index (κ3) is 3.00. The van der Waals surface area contributed by atoms with Crippen molar-refractivity contribution in [3.05, 3.63) is 0 Å². The fraction of sp³-hybridized carbons (Fsp3) is 0.909. The highest BCUT2D eigenvalue weighted by molar-refractivity contribution is 5.79. The molecule has 0 bridgehead atoms. The largest absolute Gasteiger partial charge is 0.388 e. The minimum Gasteiger partial charge on any atom is -0.388 e. The Morgan fingerprint density at radius 1 is 1.27 bits per heavy atom. The number of piperidine rings is 2. The van der Waals surface area contributed by atoms with E-state index in [4.69, 9.17) is 0 Å². The molecule has 0 aromatic heterocycles. The topological polar surface area (TPSA) is 52.6 Å². The number of nitrogens with zero attached hydrogens (tertiary/aromatic N) is 1. The van der Waals surface area contributed by atoms with E-state index in [2.05, 4.69) is 10.2 Å². The molecular formula is C11H20N2O2. The molecule has 0 atom stereocenters. The van der Waals surface area contributed by atoms with Crippen molar-refractivity contribution in [3.8, 4) is 0 Å². The summed E-state index contributed by atoms with van der Waals surface area (Å²) in [7, 11) is 0. The van der Waals surface area contributed by atoms with Crippen LogP contribution in [0.1, 0.15) is 25.7 Å². The summed E-state index contributed by atoms with van der Waals surface area (Å²) in [6.45, 7) is 4.21. The molecule has 4 heteroatoms. The number of ketones is 1. The standard InChI is InChI=1S/C11H20N2O2/c14-10-1-7-13(8-2-10)9-11(15)3-5-12-6-4-11/h12,15H,1-9H2. The van der Waals surface area contributed by atoms with Crippen LogP contribution in [-0.4, -0.2) is 54.1 Å². The van der Waals surface area contributed by atoms with Crippen molar-refractivity contribution in [2.24, 2.45) is 0 Å². The van der Waals surface area contributed by atoms with Gasteiger partial charge in [0.1, 0.15) is 5.78 Å². The van der Waals surface area contributed by atoms with Crippen LogP contribution >= 0.6 is 0 Å². The maximum atomic E-state index is 11.1. The highest BCUT2D eigenvalue weighted by Gasteiger charge is 2.32. The molecule has 15 heavy (non-hydrogen) atoms. The maximum Gasteiger partial charge on any atom is 0.135 e. The highest BCUT2D eigenvalue weighted by atomic mass is 16.3. The van der Waals surface area contributed by atoms with E-state index in [1.807, 2.05) is 0 Å². The molecule has 2 heterocycles. The highest BCUT2D eigenvalue weighted by Crippen LogP contribution is 2.20. The first kappa shape index (κ1) is 11.0. The average Bonchev–Trinajstić information content (AvgIpc) is 2.22. The second kappa shape index (κ2) is 4.60. The second-order valence-electron chi connectivity index (χ2n) is 4.79. The van der Waals surface area contributed by atoms with Gasteiger partial charge in [-0.05, 0) is 25.9 Å². The zero-order chi connectivity index (χ0) is 10.7. The molecule has 0 amide bonds. The summed E-state index contributed by atoms with van der Waals surface area (Å²) < 4.78 is 0. The smallest absolute Gasteiger partial charge is 0.135 e. The zero-order valence-electron chi connectivity index (χ0n) is 9.17. The molecule has 0 aliphatic carbocycles. The number of hydrogen-bond donors (Lipinski definition) is 2. The number of likely N-dealkylation sites (tertiary alicyclic amines) is 1. The summed E-state index contributed by atoms with van der Waals surface area (Å²) in [5, 5.41) is 13.6. The fourth-order valence-electron chi connectivity index (χ4n) is 2.43. The third-order valence-corrected chi connectivity index (χ3v) is 3.47. The van der Waals surface area contributed by atoms with E-state index in [0.29, 0.717) is 18.6 Å². The number of β-amino-alcohol motifs (C(OH)–C–C–N with tert-alkyl or cyclic N) is 1. The Morgan fingerprint density at radius 2 is 1.87 bits per heavy atom. The van der Waals surface area contributed by atoms with E-state index in [9.17, 15) is 9.90 Å². The molecular weight excluding hydrogens is 192 g/mol. The lowest BCUT2D eigenvalue weighted by Crippen LogP contribution is -2.51. The molecule has 0 saturated carbocycles. The first-order valence-electron chi connectivity index (χ1n) is 5.85. The zero-order valence-corrected chi connectivity index (χ0v) is 9.17. The van der Waals surface area contributed by atoms with E-state index < -0.39 is 5.60 Å². The van der Waals surface area contributed by atoms with Gasteiger partial charge in [0.2, 0.25) is 0 Å². The molecule has 0 aromatic rings. The van der Waals surface area contributed by atoms with E-state index in [1.54, 1.807) is 0 Å². The Morgan fingerprint density at radius 3 is 2.47 bits per heavy atom. The molecule has 2 rings (SSSR count). The minimum absolute atomic E-state index is 0.364. The molecule has 0 aromatic carbocycles. The van der Waals surface area contributed by atoms with Gasteiger partial charge in [0.25, 0.3) is 0 Å². The molecule has 4 nitrogen and oxygen atoms in total. The lowest BCUT2D eigenvalue weighted by atomic mass is 9.91. The van der Waals surface area contributed by atoms with E-state index in [1.165, 1.54) is 0 Å². The van der Waals surface area contributed by atoms with Crippen LogP contribution in [0.25, 0.3) is 0 Å². The van der Waals surface area contributed by atoms with Crippen LogP contribution in [0.15, 0.2) is 0 Å². The predicted octanol–water partition coefficient (Wildman–Crippen LogP) is -0.234. The monoisotopic (exact) mass is 212 g/mol. The van der Waals surface area contributed by atoms with Crippen molar-refractivity contribution in [1.82, 2.24) is 10.2 Å². The van der Waals surface area contributed by atoms with Crippen LogP contribution in [0, 0.1) is 0 Å². The molecule has 0 spiro atoms. The Kier molecular flexibility index (Phi) is 3.38. The maximum absolute atomic E-state index is 11.1. The lowest BCUT2D eigenvalue weighted by molar-refractivity contribution is -0.122. The number of nitrogens with one attached hydrogen (secondary N) is 1. The van der Waals surface area contributed by atoms with Gasteiger partial charge in [-0.1, -0.05) is 0 Å². The third-order valence-electron chi connectivity index (χ3n) is 3.47. The molecule has 2 aliphatic rings. The van der Waals surface area contributed by atoms with Crippen LogP contribution in [0.3, 0.4) is 0 Å². The van der Waals surface area contributed by atoms with Crippen molar-refractivity contribution < 1.29 is 9.90 Å². The van der Waals surface area contributed by atoms with E-state index in [0.717, 1.165) is 45.6 Å². The van der Waals surface area contributed by atoms with Crippen molar-refractivity contribution in [3.63, 3.8) is 0 Å². The molecule has 0 radical (unpaired) electrons. The molecule has 0 unspecified atom stereocenters. The quantitative estimate of drug-likeness (QED) is 0.663. The number of carbonyl (C=O) groups excluding carboxylic acids is 1. The lowest BCUT2D eigenvalue weighted by Gasteiger charge is -2.38. The summed E-state index contributed by atoms with van der Waals surface area (Å²) in [6, 6.07) is 0. The van der Waals surface area contributed by atoms with Gasteiger partial charge < -0.3 is 10.4 Å². The van der Waals surface area contributed by atoms with Gasteiger partial charge in [-0.3, -0.25) is 9.69 Å². The minimum atomic E-state index is -0.522. The van der Waals surface area contributed by atoms with Gasteiger partial charge in [-0.15, -0.1) is 0 Å². The van der Waals surface area contributed by atoms with Crippen LogP contribution in [0.2, 0.25) is 0 Å². The van der Waals surface area contributed by atoms with Gasteiger partial charge in [0.05, 0.1) is 5.60 Å². The molecule has 2 saturated heterocycles. The van der Waals surface area contributed by atoms with Crippen LogP contribution in [0.5, 0.6) is 0 Å². The number of aliphatic hydroxyl groups is 1. The SMILES string of the molecule is O=C1CCN(CC2(O)CCNCC2)CC1. The normalized spacial score (nSPS) is 27.9. The van der Waals surface area contributed by atoms with Gasteiger partial charge in [-0.25, -0.2) is 0 Å². The molecule has 2 N–H and O–H groups in total. The summed E-state index contributed by atoms with van der Waals surface area (Å²) in [5.74, 6) is 0.364. The van der Waals surface area contributed by atoms with E-state index >= 15 is 0 Å². The Bertz CT molecular complexity index is 227. The Labute approximate surface area is 90.6 Å². The van der Waals surface area contributed by atoms with Crippen molar-refractivity contribution >= 4 is 5.78 Å². The van der Waals surface area contributed by atoms with Crippen molar-refractivity contribution in [1.29, 1.82) is 0 Å². The van der Waals surface area contributed by atoms with Gasteiger partial charge >= 0.3 is 0 Å². The summed E-state index contributed by atoms with van der Waals surface area (Å²) in [5.41, 5.74) is -0.522. The van der Waals surface area contributed by atoms with Gasteiger partial charge in [0, 0.05) is 32.5 Å². The fourth-order valence-corrected chi connectivity index (χ4v) is 2.43. The summed E-state index contributed by atoms with van der Waals surface area (Å²) in [6.07, 6.45) is 2.98. The van der Waals surface area contributed by atoms with Crippen molar-refractivity contribution in [2.75, 3.05) is 32.7 Å². The van der Waals surface area contributed by atoms with Crippen LogP contribution < -0.4 is 5.32 Å². The van der Waals surface area contributed by atoms with Crippen molar-refractivity contribution in [2.45, 2.75) is 31.3 Å². The Hall–Kier alpha value is -0.450. The first-order chi connectivity index (χ1) is 7.18.